The first-order valence-electron chi connectivity index (χ1n) is 7.29. The zero-order valence-corrected chi connectivity index (χ0v) is 15.0. The normalized spacial score (nSPS) is 12.6. The lowest BCUT2D eigenvalue weighted by Gasteiger charge is -2.15. The third kappa shape index (κ3) is 3.87. The van der Waals surface area contributed by atoms with E-state index < -0.39 is 0 Å². The van der Waals surface area contributed by atoms with Gasteiger partial charge in [0.05, 0.1) is 16.4 Å². The molecule has 1 heterocycles. The van der Waals surface area contributed by atoms with Crippen molar-refractivity contribution in [3.8, 4) is 0 Å². The molecular weight excluding hydrogens is 350 g/mol. The van der Waals surface area contributed by atoms with E-state index in [0.29, 0.717) is 6.54 Å². The van der Waals surface area contributed by atoms with E-state index in [1.807, 2.05) is 10.7 Å². The molecule has 0 spiro atoms. The fraction of sp³-hybridized carbons (Fsp3) is 0.438. The molecule has 1 atom stereocenters. The molecule has 0 radical (unpaired) electrons. The maximum atomic E-state index is 6.43. The van der Waals surface area contributed by atoms with Gasteiger partial charge in [-0.1, -0.05) is 46.6 Å². The number of benzene rings is 1. The Balaban J connectivity index is 2.11. The Morgan fingerprint density at radius 2 is 2.14 bits per heavy atom. The van der Waals surface area contributed by atoms with Crippen LogP contribution in [0.1, 0.15) is 43.8 Å². The summed E-state index contributed by atoms with van der Waals surface area (Å²) in [6.45, 7) is 7.87. The van der Waals surface area contributed by atoms with Crippen molar-refractivity contribution in [3.05, 3.63) is 50.7 Å². The van der Waals surface area contributed by atoms with Gasteiger partial charge in [0.1, 0.15) is 0 Å². The maximum Gasteiger partial charge on any atom is 0.0863 e. The second-order valence-electron chi connectivity index (χ2n) is 5.03. The minimum atomic E-state index is 0.254. The summed E-state index contributed by atoms with van der Waals surface area (Å²) in [6, 6.07) is 8.60. The Morgan fingerprint density at radius 1 is 1.38 bits per heavy atom. The predicted molar refractivity (Wildman–Crippen MR) is 91.7 cm³/mol. The number of aryl methyl sites for hydroxylation is 2. The van der Waals surface area contributed by atoms with Crippen LogP contribution in [-0.4, -0.2) is 9.78 Å². The number of hydrogen-bond acceptors (Lipinski definition) is 2. The van der Waals surface area contributed by atoms with Crippen molar-refractivity contribution in [1.82, 2.24) is 15.1 Å². The van der Waals surface area contributed by atoms with Crippen molar-refractivity contribution in [2.45, 2.75) is 46.3 Å². The first-order valence-corrected chi connectivity index (χ1v) is 8.46. The summed E-state index contributed by atoms with van der Waals surface area (Å²) in [6.07, 6.45) is 0.861. The molecule has 0 saturated heterocycles. The topological polar surface area (TPSA) is 29.9 Å². The van der Waals surface area contributed by atoms with E-state index in [4.69, 9.17) is 11.6 Å². The van der Waals surface area contributed by atoms with E-state index in [-0.39, 0.29) is 6.04 Å². The summed E-state index contributed by atoms with van der Waals surface area (Å²) in [7, 11) is 0. The number of hydrogen-bond donors (Lipinski definition) is 1. The lowest BCUT2D eigenvalue weighted by atomic mass is 10.1. The smallest absolute Gasteiger partial charge is 0.0863 e. The maximum absolute atomic E-state index is 6.43. The zero-order chi connectivity index (χ0) is 15.4. The molecule has 21 heavy (non-hydrogen) atoms. The number of nitrogens with one attached hydrogen (secondary N) is 1. The van der Waals surface area contributed by atoms with Gasteiger partial charge < -0.3 is 5.32 Å². The standard InChI is InChI=1S/C16H21BrClN3/c1-4-14-16(18)15(21(5-2)20-14)10-19-11(3)12-7-6-8-13(17)9-12/h6-9,11,19H,4-5,10H2,1-3H3/t11-/m0/s1. The van der Waals surface area contributed by atoms with E-state index >= 15 is 0 Å². The average molecular weight is 371 g/mol. The van der Waals surface area contributed by atoms with E-state index in [1.165, 1.54) is 5.56 Å². The minimum Gasteiger partial charge on any atom is -0.305 e. The van der Waals surface area contributed by atoms with Crippen LogP contribution in [0.15, 0.2) is 28.7 Å². The van der Waals surface area contributed by atoms with Crippen LogP contribution < -0.4 is 5.32 Å². The SMILES string of the molecule is CCc1nn(CC)c(CN[C@@H](C)c2cccc(Br)c2)c1Cl. The molecule has 0 amide bonds. The first kappa shape index (κ1) is 16.5. The molecule has 2 aromatic rings. The van der Waals surface area contributed by atoms with Gasteiger partial charge in [-0.15, -0.1) is 0 Å². The lowest BCUT2D eigenvalue weighted by Crippen LogP contribution is -2.20. The number of halogens is 2. The van der Waals surface area contributed by atoms with Crippen LogP contribution in [0, 0.1) is 0 Å². The molecule has 3 nitrogen and oxygen atoms in total. The van der Waals surface area contributed by atoms with E-state index in [9.17, 15) is 0 Å². The van der Waals surface area contributed by atoms with Gasteiger partial charge in [0.2, 0.25) is 0 Å². The van der Waals surface area contributed by atoms with Crippen molar-refractivity contribution in [2.24, 2.45) is 0 Å². The van der Waals surface area contributed by atoms with Crippen molar-refractivity contribution < 1.29 is 0 Å². The Kier molecular flexibility index (Phi) is 5.85. The summed E-state index contributed by atoms with van der Waals surface area (Å²) in [5, 5.41) is 8.88. The average Bonchev–Trinajstić information content (AvgIpc) is 2.80. The highest BCUT2D eigenvalue weighted by atomic mass is 79.9. The van der Waals surface area contributed by atoms with Crippen molar-refractivity contribution in [3.63, 3.8) is 0 Å². The van der Waals surface area contributed by atoms with Crippen molar-refractivity contribution in [2.75, 3.05) is 0 Å². The summed E-state index contributed by atoms with van der Waals surface area (Å²) < 4.78 is 3.08. The predicted octanol–water partition coefficient (Wildman–Crippen LogP) is 4.73. The summed E-state index contributed by atoms with van der Waals surface area (Å²) in [4.78, 5) is 0. The molecule has 0 aliphatic carbocycles. The van der Waals surface area contributed by atoms with Crippen LogP contribution in [0.25, 0.3) is 0 Å². The van der Waals surface area contributed by atoms with E-state index in [1.54, 1.807) is 0 Å². The highest BCUT2D eigenvalue weighted by molar-refractivity contribution is 9.10. The highest BCUT2D eigenvalue weighted by Gasteiger charge is 2.15. The second-order valence-corrected chi connectivity index (χ2v) is 6.33. The number of nitrogens with zero attached hydrogens (tertiary/aromatic N) is 2. The van der Waals surface area contributed by atoms with Gasteiger partial charge in [0.25, 0.3) is 0 Å². The number of rotatable bonds is 6. The monoisotopic (exact) mass is 369 g/mol. The minimum absolute atomic E-state index is 0.254. The molecule has 114 valence electrons. The summed E-state index contributed by atoms with van der Waals surface area (Å²) in [5.74, 6) is 0. The highest BCUT2D eigenvalue weighted by Crippen LogP contribution is 2.23. The Hall–Kier alpha value is -0.840. The quantitative estimate of drug-likeness (QED) is 0.796. The Bertz CT molecular complexity index is 610. The molecule has 1 aromatic carbocycles. The van der Waals surface area contributed by atoms with Gasteiger partial charge in [0, 0.05) is 23.6 Å². The van der Waals surface area contributed by atoms with Gasteiger partial charge in [0.15, 0.2) is 0 Å². The first-order chi connectivity index (χ1) is 10.1. The zero-order valence-electron chi connectivity index (χ0n) is 12.7. The van der Waals surface area contributed by atoms with Crippen molar-refractivity contribution in [1.29, 1.82) is 0 Å². The third-order valence-electron chi connectivity index (χ3n) is 3.62. The fourth-order valence-electron chi connectivity index (χ4n) is 2.33. The Morgan fingerprint density at radius 3 is 2.76 bits per heavy atom. The van der Waals surface area contributed by atoms with Gasteiger partial charge in [-0.05, 0) is 38.0 Å². The van der Waals surface area contributed by atoms with Gasteiger partial charge >= 0.3 is 0 Å². The van der Waals surface area contributed by atoms with Crippen LogP contribution in [0.5, 0.6) is 0 Å². The fourth-order valence-corrected chi connectivity index (χ4v) is 3.08. The van der Waals surface area contributed by atoms with Crippen LogP contribution in [0.2, 0.25) is 5.02 Å². The largest absolute Gasteiger partial charge is 0.305 e. The molecule has 2 rings (SSSR count). The lowest BCUT2D eigenvalue weighted by molar-refractivity contribution is 0.530. The Labute approximate surface area is 139 Å². The molecule has 5 heteroatoms. The molecule has 1 aromatic heterocycles. The number of aromatic nitrogens is 2. The molecule has 0 unspecified atom stereocenters. The van der Waals surface area contributed by atoms with Crippen molar-refractivity contribution >= 4 is 27.5 Å². The van der Waals surface area contributed by atoms with Crippen LogP contribution >= 0.6 is 27.5 Å². The van der Waals surface area contributed by atoms with Crippen LogP contribution in [0.4, 0.5) is 0 Å². The summed E-state index contributed by atoms with van der Waals surface area (Å²) in [5.41, 5.74) is 3.29. The third-order valence-corrected chi connectivity index (χ3v) is 4.55. The molecule has 0 aliphatic rings. The van der Waals surface area contributed by atoms with Gasteiger partial charge in [-0.3, -0.25) is 4.68 Å². The molecule has 0 aliphatic heterocycles. The molecule has 0 saturated carbocycles. The van der Waals surface area contributed by atoms with Crippen LogP contribution in [0.3, 0.4) is 0 Å². The van der Waals surface area contributed by atoms with Gasteiger partial charge in [-0.25, -0.2) is 0 Å². The molecule has 0 bridgehead atoms. The van der Waals surface area contributed by atoms with E-state index in [0.717, 1.165) is 33.8 Å². The molecular formula is C16H21BrClN3. The second kappa shape index (κ2) is 7.43. The van der Waals surface area contributed by atoms with E-state index in [2.05, 4.69) is 65.3 Å². The molecule has 0 fully saturated rings. The van der Waals surface area contributed by atoms with Crippen LogP contribution in [-0.2, 0) is 19.5 Å². The van der Waals surface area contributed by atoms with Gasteiger partial charge in [-0.2, -0.15) is 5.10 Å². The molecule has 1 N–H and O–H groups in total. The summed E-state index contributed by atoms with van der Waals surface area (Å²) >= 11 is 9.94.